The van der Waals surface area contributed by atoms with E-state index in [4.69, 9.17) is 0 Å². The molecule has 1 fully saturated rings. The number of hydrogen-bond donors (Lipinski definition) is 1. The minimum Gasteiger partial charge on any atom is -0.355 e. The minimum absolute atomic E-state index is 0.0586. The molecule has 2 aliphatic rings. The van der Waals surface area contributed by atoms with Gasteiger partial charge in [-0.1, -0.05) is 28.1 Å². The Morgan fingerprint density at radius 3 is 2.67 bits per heavy atom. The monoisotopic (exact) mass is 447 g/mol. The van der Waals surface area contributed by atoms with E-state index in [2.05, 4.69) is 25.6 Å². The third kappa shape index (κ3) is 3.64. The fourth-order valence-electron chi connectivity index (χ4n) is 3.48. The molecule has 2 heterocycles. The number of benzene rings is 2. The van der Waals surface area contributed by atoms with Gasteiger partial charge in [-0.05, 0) is 49.2 Å². The molecule has 8 heteroatoms. The molecule has 0 unspecified atom stereocenters. The highest BCUT2D eigenvalue weighted by Crippen LogP contribution is 2.30. The molecule has 4 rings (SSSR count). The smallest absolute Gasteiger partial charge is 0.285 e. The molecule has 1 saturated heterocycles. The molecule has 140 valence electrons. The van der Waals surface area contributed by atoms with Crippen LogP contribution in [0.4, 0.5) is 5.69 Å². The number of nitrogens with one attached hydrogen (secondary N) is 1. The lowest BCUT2D eigenvalue weighted by atomic mass is 9.96. The fraction of sp³-hybridized carbons (Fsp3) is 0.263. The summed E-state index contributed by atoms with van der Waals surface area (Å²) in [6.07, 6.45) is 1.57. The summed E-state index contributed by atoms with van der Waals surface area (Å²) in [6, 6.07) is 14.3. The lowest BCUT2D eigenvalue weighted by molar-refractivity contribution is -0.121. The van der Waals surface area contributed by atoms with Gasteiger partial charge in [0.1, 0.15) is 4.90 Å². The van der Waals surface area contributed by atoms with E-state index in [0.717, 1.165) is 23.0 Å². The number of halogens is 1. The van der Waals surface area contributed by atoms with Crippen molar-refractivity contribution in [2.24, 2.45) is 10.3 Å². The zero-order chi connectivity index (χ0) is 19.0. The Bertz CT molecular complexity index is 1020. The van der Waals surface area contributed by atoms with E-state index < -0.39 is 10.0 Å². The first-order chi connectivity index (χ1) is 12.9. The molecule has 1 amide bonds. The lowest BCUT2D eigenvalue weighted by Crippen LogP contribution is -2.43. The summed E-state index contributed by atoms with van der Waals surface area (Å²) in [6.45, 7) is 1.13. The number of hydrogen-bond acceptors (Lipinski definition) is 4. The number of piperidine rings is 1. The van der Waals surface area contributed by atoms with Crippen LogP contribution < -0.4 is 5.32 Å². The molecule has 0 aromatic heterocycles. The van der Waals surface area contributed by atoms with Gasteiger partial charge in [-0.2, -0.15) is 8.42 Å². The third-order valence-electron chi connectivity index (χ3n) is 4.82. The summed E-state index contributed by atoms with van der Waals surface area (Å²) in [5.74, 6) is 0.170. The predicted octanol–water partition coefficient (Wildman–Crippen LogP) is 3.25. The second kappa shape index (κ2) is 7.09. The number of anilines is 1. The van der Waals surface area contributed by atoms with Crippen LogP contribution in [0.3, 0.4) is 0 Å². The lowest BCUT2D eigenvalue weighted by Gasteiger charge is -2.33. The highest BCUT2D eigenvalue weighted by atomic mass is 79.9. The molecule has 6 nitrogen and oxygen atoms in total. The van der Waals surface area contributed by atoms with Crippen LogP contribution in [0.2, 0.25) is 0 Å². The molecule has 2 aromatic carbocycles. The molecule has 2 aliphatic heterocycles. The Balaban J connectivity index is 1.52. The number of rotatable bonds is 2. The van der Waals surface area contributed by atoms with E-state index in [1.54, 1.807) is 24.3 Å². The summed E-state index contributed by atoms with van der Waals surface area (Å²) in [5.41, 5.74) is 1.36. The van der Waals surface area contributed by atoms with Crippen molar-refractivity contribution in [2.45, 2.75) is 17.7 Å². The van der Waals surface area contributed by atoms with Crippen LogP contribution >= 0.6 is 15.9 Å². The van der Waals surface area contributed by atoms with Gasteiger partial charge in [-0.15, -0.1) is 4.40 Å². The Morgan fingerprint density at radius 1 is 1.15 bits per heavy atom. The Morgan fingerprint density at radius 2 is 1.89 bits per heavy atom. The van der Waals surface area contributed by atoms with Gasteiger partial charge in [0, 0.05) is 28.8 Å². The van der Waals surface area contributed by atoms with Crippen molar-refractivity contribution in [3.05, 3.63) is 58.6 Å². The van der Waals surface area contributed by atoms with Gasteiger partial charge in [0.15, 0.2) is 5.84 Å². The Hall–Kier alpha value is -2.19. The number of sulfonamides is 1. The van der Waals surface area contributed by atoms with Crippen molar-refractivity contribution in [2.75, 3.05) is 18.4 Å². The average molecular weight is 448 g/mol. The summed E-state index contributed by atoms with van der Waals surface area (Å²) in [5, 5.41) is 2.94. The predicted molar refractivity (Wildman–Crippen MR) is 107 cm³/mol. The van der Waals surface area contributed by atoms with Crippen LogP contribution in [0.5, 0.6) is 0 Å². The van der Waals surface area contributed by atoms with E-state index >= 15 is 0 Å². The maximum absolute atomic E-state index is 12.7. The second-order valence-electron chi connectivity index (χ2n) is 6.67. The van der Waals surface area contributed by atoms with E-state index in [1.807, 2.05) is 29.2 Å². The van der Waals surface area contributed by atoms with Gasteiger partial charge < -0.3 is 10.2 Å². The number of amides is 1. The average Bonchev–Trinajstić information content (AvgIpc) is 2.95. The molecular weight excluding hydrogens is 430 g/mol. The minimum atomic E-state index is -3.65. The van der Waals surface area contributed by atoms with Crippen molar-refractivity contribution < 1.29 is 13.2 Å². The van der Waals surface area contributed by atoms with Crippen molar-refractivity contribution in [3.8, 4) is 0 Å². The quantitative estimate of drug-likeness (QED) is 0.765. The number of likely N-dealkylation sites (tertiary alicyclic amines) is 1. The molecule has 0 spiro atoms. The van der Waals surface area contributed by atoms with E-state index in [1.165, 1.54) is 0 Å². The number of carbonyl (C=O) groups is 1. The highest BCUT2D eigenvalue weighted by molar-refractivity contribution is 9.10. The topological polar surface area (TPSA) is 78.8 Å². The maximum atomic E-state index is 12.7. The fourth-order valence-corrected chi connectivity index (χ4v) is 4.97. The molecule has 27 heavy (non-hydrogen) atoms. The summed E-state index contributed by atoms with van der Waals surface area (Å²) >= 11 is 3.37. The molecule has 0 radical (unpaired) electrons. The van der Waals surface area contributed by atoms with Crippen molar-refractivity contribution in [3.63, 3.8) is 0 Å². The van der Waals surface area contributed by atoms with Gasteiger partial charge in [0.05, 0.1) is 5.92 Å². The largest absolute Gasteiger partial charge is 0.355 e. The van der Waals surface area contributed by atoms with Gasteiger partial charge in [0.25, 0.3) is 10.0 Å². The summed E-state index contributed by atoms with van der Waals surface area (Å²) in [4.78, 5) is 14.8. The first kappa shape index (κ1) is 18.2. The van der Waals surface area contributed by atoms with Gasteiger partial charge in [-0.3, -0.25) is 4.79 Å². The van der Waals surface area contributed by atoms with Gasteiger partial charge >= 0.3 is 0 Å². The van der Waals surface area contributed by atoms with E-state index in [0.29, 0.717) is 24.5 Å². The van der Waals surface area contributed by atoms with E-state index in [-0.39, 0.29) is 16.7 Å². The van der Waals surface area contributed by atoms with Crippen molar-refractivity contribution >= 4 is 43.4 Å². The normalized spacial score (nSPS) is 20.7. The zero-order valence-corrected chi connectivity index (χ0v) is 16.8. The molecule has 0 saturated carbocycles. The number of amidine groups is 1. The Kier molecular flexibility index (Phi) is 4.77. The van der Waals surface area contributed by atoms with E-state index in [9.17, 15) is 13.2 Å². The Labute approximate surface area is 166 Å². The number of carbonyl (C=O) groups excluding carboxylic acids is 1. The van der Waals surface area contributed by atoms with Crippen LogP contribution in [0.15, 0.2) is 62.3 Å². The molecular formula is C19H18BrN3O3S. The van der Waals surface area contributed by atoms with Crippen LogP contribution in [0.1, 0.15) is 18.4 Å². The first-order valence-electron chi connectivity index (χ1n) is 8.70. The highest BCUT2D eigenvalue weighted by Gasteiger charge is 2.35. The first-order valence-corrected chi connectivity index (χ1v) is 10.9. The van der Waals surface area contributed by atoms with Crippen LogP contribution in [-0.2, 0) is 14.8 Å². The van der Waals surface area contributed by atoms with Crippen molar-refractivity contribution in [1.82, 2.24) is 4.90 Å². The van der Waals surface area contributed by atoms with Crippen LogP contribution in [0.25, 0.3) is 0 Å². The van der Waals surface area contributed by atoms with Crippen molar-refractivity contribution in [1.29, 1.82) is 0 Å². The maximum Gasteiger partial charge on any atom is 0.285 e. The van der Waals surface area contributed by atoms with Crippen LogP contribution in [0, 0.1) is 5.92 Å². The van der Waals surface area contributed by atoms with Crippen LogP contribution in [-0.4, -0.2) is 38.2 Å². The van der Waals surface area contributed by atoms with Gasteiger partial charge in [0.2, 0.25) is 5.91 Å². The molecule has 1 N–H and O–H groups in total. The second-order valence-corrected chi connectivity index (χ2v) is 9.16. The SMILES string of the molecule is O=C(Nc1ccc(Br)cc1)[C@H]1CCCN(C2=NS(=O)(=O)c3ccccc32)C1. The summed E-state index contributed by atoms with van der Waals surface area (Å²) < 4.78 is 29.5. The molecule has 2 aromatic rings. The molecule has 0 bridgehead atoms. The zero-order valence-electron chi connectivity index (χ0n) is 14.4. The third-order valence-corrected chi connectivity index (χ3v) is 6.67. The summed E-state index contributed by atoms with van der Waals surface area (Å²) in [7, 11) is -3.65. The number of nitrogens with zero attached hydrogens (tertiary/aromatic N) is 2. The molecule has 0 aliphatic carbocycles. The number of fused-ring (bicyclic) bond motifs is 1. The van der Waals surface area contributed by atoms with Gasteiger partial charge in [-0.25, -0.2) is 0 Å². The standard InChI is InChI=1S/C19H18BrN3O3S/c20-14-7-9-15(10-8-14)21-19(24)13-4-3-11-23(12-13)18-16-5-1-2-6-17(16)27(25,26)22-18/h1-2,5-10,13H,3-4,11-12H2,(H,21,24)/t13-/m0/s1. The molecule has 1 atom stereocenters.